The van der Waals surface area contributed by atoms with Crippen molar-refractivity contribution >= 4 is 5.97 Å². The van der Waals surface area contributed by atoms with Crippen molar-refractivity contribution in [3.8, 4) is 0 Å². The number of ether oxygens (including phenoxy) is 1. The normalized spacial score (nSPS) is 34.2. The highest BCUT2D eigenvalue weighted by Crippen LogP contribution is 2.50. The molecule has 1 saturated carbocycles. The number of likely N-dealkylation sites (N-methyl/N-ethyl adjacent to an activating group) is 1. The van der Waals surface area contributed by atoms with Crippen LogP contribution in [0, 0.1) is 5.92 Å². The number of methoxy groups -OCH3 is 1. The molecule has 3 rings (SSSR count). The summed E-state index contributed by atoms with van der Waals surface area (Å²) >= 11 is 0. The summed E-state index contributed by atoms with van der Waals surface area (Å²) < 4.78 is 5.13. The van der Waals surface area contributed by atoms with E-state index in [0.717, 1.165) is 18.4 Å². The van der Waals surface area contributed by atoms with Gasteiger partial charge in [0, 0.05) is 13.0 Å². The molecule has 0 unspecified atom stereocenters. The monoisotopic (exact) mass is 261 g/mol. The van der Waals surface area contributed by atoms with Crippen molar-refractivity contribution in [2.45, 2.75) is 24.3 Å². The highest BCUT2D eigenvalue weighted by Gasteiger charge is 2.59. The molecule has 1 aliphatic carbocycles. The van der Waals surface area contributed by atoms with Crippen LogP contribution in [-0.4, -0.2) is 37.8 Å². The maximum absolute atomic E-state index is 12.5. The highest BCUT2D eigenvalue weighted by atomic mass is 16.7. The minimum absolute atomic E-state index is 0.0716. The van der Waals surface area contributed by atoms with E-state index in [1.807, 2.05) is 42.4 Å². The second kappa shape index (κ2) is 4.62. The number of fused-ring (bicyclic) bond motifs is 1. The zero-order valence-electron chi connectivity index (χ0n) is 11.3. The lowest BCUT2D eigenvalue weighted by atomic mass is 9.74. The highest BCUT2D eigenvalue weighted by molar-refractivity contribution is 5.85. The van der Waals surface area contributed by atoms with Crippen molar-refractivity contribution in [2.24, 2.45) is 5.92 Å². The molecule has 19 heavy (non-hydrogen) atoms. The van der Waals surface area contributed by atoms with Crippen LogP contribution < -0.4 is 0 Å². The number of carbonyl (C=O) groups is 1. The van der Waals surface area contributed by atoms with Gasteiger partial charge in [-0.25, -0.2) is 0 Å². The smallest absolute Gasteiger partial charge is 0.318 e. The molecule has 2 aliphatic rings. The molecule has 2 fully saturated rings. The van der Waals surface area contributed by atoms with E-state index in [2.05, 4.69) is 0 Å². The predicted octanol–water partition coefficient (Wildman–Crippen LogP) is 1.75. The van der Waals surface area contributed by atoms with Crippen LogP contribution in [0.25, 0.3) is 0 Å². The van der Waals surface area contributed by atoms with Gasteiger partial charge in [0.15, 0.2) is 0 Å². The van der Waals surface area contributed by atoms with Gasteiger partial charge in [-0.1, -0.05) is 30.3 Å². The molecular formula is C15H19NO3. The molecule has 1 heterocycles. The zero-order valence-corrected chi connectivity index (χ0v) is 11.3. The Morgan fingerprint density at radius 1 is 1.42 bits per heavy atom. The minimum atomic E-state index is -0.591. The van der Waals surface area contributed by atoms with Crippen molar-refractivity contribution < 1.29 is 14.4 Å². The number of esters is 1. The van der Waals surface area contributed by atoms with Gasteiger partial charge in [-0.3, -0.25) is 9.63 Å². The molecule has 0 aromatic heterocycles. The van der Waals surface area contributed by atoms with Crippen LogP contribution in [0.15, 0.2) is 30.3 Å². The van der Waals surface area contributed by atoms with Gasteiger partial charge < -0.3 is 4.74 Å². The molecule has 1 saturated heterocycles. The van der Waals surface area contributed by atoms with Gasteiger partial charge >= 0.3 is 5.97 Å². The van der Waals surface area contributed by atoms with E-state index >= 15 is 0 Å². The van der Waals surface area contributed by atoms with E-state index in [9.17, 15) is 4.79 Å². The molecule has 3 atom stereocenters. The Labute approximate surface area is 113 Å². The van der Waals surface area contributed by atoms with Crippen molar-refractivity contribution in [2.75, 3.05) is 20.8 Å². The van der Waals surface area contributed by atoms with Crippen molar-refractivity contribution in [1.29, 1.82) is 0 Å². The predicted molar refractivity (Wildman–Crippen MR) is 70.4 cm³/mol. The second-order valence-corrected chi connectivity index (χ2v) is 5.41. The van der Waals surface area contributed by atoms with Crippen LogP contribution >= 0.6 is 0 Å². The summed E-state index contributed by atoms with van der Waals surface area (Å²) in [5.41, 5.74) is 0.443. The Hall–Kier alpha value is -1.39. The largest absolute Gasteiger partial charge is 0.468 e. The summed E-state index contributed by atoms with van der Waals surface area (Å²) in [5.74, 6) is 0.257. The summed E-state index contributed by atoms with van der Waals surface area (Å²) in [6.45, 7) is 0.701. The first-order valence-electron chi connectivity index (χ1n) is 6.70. The number of nitrogens with zero attached hydrogens (tertiary/aromatic N) is 1. The quantitative estimate of drug-likeness (QED) is 0.760. The van der Waals surface area contributed by atoms with Gasteiger partial charge in [-0.05, 0) is 18.4 Å². The average Bonchev–Trinajstić information content (AvgIpc) is 3.01. The van der Waals surface area contributed by atoms with Gasteiger partial charge in [0.05, 0.1) is 19.8 Å². The maximum atomic E-state index is 12.5. The lowest BCUT2D eigenvalue weighted by molar-refractivity contribution is -0.161. The van der Waals surface area contributed by atoms with Gasteiger partial charge in [-0.2, -0.15) is 5.06 Å². The minimum Gasteiger partial charge on any atom is -0.468 e. The summed E-state index contributed by atoms with van der Waals surface area (Å²) in [6, 6.07) is 10.0. The van der Waals surface area contributed by atoms with Gasteiger partial charge in [-0.15, -0.1) is 0 Å². The number of benzene rings is 1. The van der Waals surface area contributed by atoms with Crippen LogP contribution in [-0.2, 0) is 19.8 Å². The first-order valence-corrected chi connectivity index (χ1v) is 6.70. The topological polar surface area (TPSA) is 38.8 Å². The molecule has 0 amide bonds. The SMILES string of the molecule is COC(=O)[C@]1(c2ccccc2)CC[C@H]2CON(C)[C@H]21. The van der Waals surface area contributed by atoms with Crippen LogP contribution in [0.2, 0.25) is 0 Å². The first-order chi connectivity index (χ1) is 9.20. The molecule has 102 valence electrons. The summed E-state index contributed by atoms with van der Waals surface area (Å²) in [7, 11) is 3.38. The van der Waals surface area contributed by atoms with Gasteiger partial charge in [0.2, 0.25) is 0 Å². The molecular weight excluding hydrogens is 242 g/mol. The van der Waals surface area contributed by atoms with Gasteiger partial charge in [0.1, 0.15) is 5.41 Å². The van der Waals surface area contributed by atoms with E-state index in [4.69, 9.17) is 9.57 Å². The molecule has 0 bridgehead atoms. The third-order valence-corrected chi connectivity index (χ3v) is 4.58. The van der Waals surface area contributed by atoms with Crippen LogP contribution in [0.5, 0.6) is 0 Å². The van der Waals surface area contributed by atoms with Crippen molar-refractivity contribution in [3.63, 3.8) is 0 Å². The fourth-order valence-electron chi connectivity index (χ4n) is 3.77. The third-order valence-electron chi connectivity index (χ3n) is 4.58. The summed E-state index contributed by atoms with van der Waals surface area (Å²) in [5, 5.41) is 1.85. The number of rotatable bonds is 2. The standard InChI is InChI=1S/C15H19NO3/c1-16-13-11(10-19-16)8-9-15(13,14(17)18-2)12-6-4-3-5-7-12/h3-7,11,13H,8-10H2,1-2H3/t11-,13+,15-/m0/s1. The maximum Gasteiger partial charge on any atom is 0.318 e. The number of carbonyl (C=O) groups excluding carboxylic acids is 1. The molecule has 1 aromatic rings. The Morgan fingerprint density at radius 3 is 2.84 bits per heavy atom. The lowest BCUT2D eigenvalue weighted by Crippen LogP contribution is -2.50. The molecule has 0 spiro atoms. The Morgan fingerprint density at radius 2 is 2.16 bits per heavy atom. The summed E-state index contributed by atoms with van der Waals surface area (Å²) in [6.07, 6.45) is 1.83. The average molecular weight is 261 g/mol. The Balaban J connectivity index is 2.10. The Bertz CT molecular complexity index is 476. The van der Waals surface area contributed by atoms with E-state index in [-0.39, 0.29) is 12.0 Å². The van der Waals surface area contributed by atoms with Crippen LogP contribution in [0.1, 0.15) is 18.4 Å². The molecule has 1 aromatic carbocycles. The second-order valence-electron chi connectivity index (χ2n) is 5.41. The molecule has 0 N–H and O–H groups in total. The van der Waals surface area contributed by atoms with Crippen molar-refractivity contribution in [1.82, 2.24) is 5.06 Å². The van der Waals surface area contributed by atoms with Gasteiger partial charge in [0.25, 0.3) is 0 Å². The number of hydrogen-bond acceptors (Lipinski definition) is 4. The molecule has 0 radical (unpaired) electrons. The summed E-state index contributed by atoms with van der Waals surface area (Å²) in [4.78, 5) is 18.1. The fraction of sp³-hybridized carbons (Fsp3) is 0.533. The zero-order chi connectivity index (χ0) is 13.5. The fourth-order valence-corrected chi connectivity index (χ4v) is 3.77. The third kappa shape index (κ3) is 1.70. The van der Waals surface area contributed by atoms with Crippen LogP contribution in [0.4, 0.5) is 0 Å². The van der Waals surface area contributed by atoms with E-state index in [1.165, 1.54) is 7.11 Å². The Kier molecular flexibility index (Phi) is 3.07. The molecule has 1 aliphatic heterocycles. The van der Waals surface area contributed by atoms with E-state index < -0.39 is 5.41 Å². The lowest BCUT2D eigenvalue weighted by Gasteiger charge is -2.35. The first kappa shape index (κ1) is 12.6. The van der Waals surface area contributed by atoms with E-state index in [0.29, 0.717) is 12.5 Å². The van der Waals surface area contributed by atoms with E-state index in [1.54, 1.807) is 0 Å². The molecule has 4 heteroatoms. The van der Waals surface area contributed by atoms with Crippen LogP contribution in [0.3, 0.4) is 0 Å². The van der Waals surface area contributed by atoms with Crippen molar-refractivity contribution in [3.05, 3.63) is 35.9 Å². The number of hydroxylamine groups is 2. The molecule has 4 nitrogen and oxygen atoms in total. The number of hydrogen-bond donors (Lipinski definition) is 0.